The van der Waals surface area contributed by atoms with Gasteiger partial charge < -0.3 is 10.2 Å². The second-order valence-electron chi connectivity index (χ2n) is 5.57. The number of carbonyl (C=O) groups is 1. The Kier molecular flexibility index (Phi) is 2.88. The van der Waals surface area contributed by atoms with E-state index in [4.69, 9.17) is 0 Å². The number of carbonyl (C=O) groups excluding carboxylic acids is 1. The van der Waals surface area contributed by atoms with Crippen molar-refractivity contribution in [3.63, 3.8) is 0 Å². The molecule has 1 amide bonds. The molecule has 0 bridgehead atoms. The van der Waals surface area contributed by atoms with Crippen molar-refractivity contribution in [2.24, 2.45) is 0 Å². The predicted octanol–water partition coefficient (Wildman–Crippen LogP) is 1.67. The third kappa shape index (κ3) is 1.75. The minimum Gasteiger partial charge on any atom is -0.335 e. The number of likely N-dealkylation sites (tertiary alicyclic amines) is 1. The first-order valence-electron chi connectivity index (χ1n) is 6.91. The Balaban J connectivity index is 1.74. The molecule has 3 aliphatic rings. The van der Waals surface area contributed by atoms with Crippen molar-refractivity contribution < 1.29 is 4.79 Å². The molecule has 0 spiro atoms. The van der Waals surface area contributed by atoms with Crippen molar-refractivity contribution in [3.8, 4) is 0 Å². The number of fused-ring (bicyclic) bond motifs is 1. The fourth-order valence-corrected chi connectivity index (χ4v) is 3.79. The number of nitrogens with zero attached hydrogens (tertiary/aromatic N) is 1. The van der Waals surface area contributed by atoms with Crippen LogP contribution in [0.4, 0.5) is 0 Å². The summed E-state index contributed by atoms with van der Waals surface area (Å²) in [6.45, 7) is 1.10. The van der Waals surface area contributed by atoms with Gasteiger partial charge in [0.2, 0.25) is 5.91 Å². The standard InChI is InChI=1S/C13H22N2O/c16-13-9-11-12(7-4-8-14-11)15(13)10-5-2-1-3-6-10/h10-12,14H,1-9H2. The maximum atomic E-state index is 12.1. The highest BCUT2D eigenvalue weighted by molar-refractivity contribution is 5.80. The molecule has 1 N–H and O–H groups in total. The summed E-state index contributed by atoms with van der Waals surface area (Å²) in [5.41, 5.74) is 0. The van der Waals surface area contributed by atoms with Gasteiger partial charge in [-0.25, -0.2) is 0 Å². The van der Waals surface area contributed by atoms with Gasteiger partial charge in [0.1, 0.15) is 0 Å². The van der Waals surface area contributed by atoms with E-state index in [1.54, 1.807) is 0 Å². The molecule has 3 nitrogen and oxygen atoms in total. The summed E-state index contributed by atoms with van der Waals surface area (Å²) >= 11 is 0. The first kappa shape index (κ1) is 10.6. The van der Waals surface area contributed by atoms with Crippen molar-refractivity contribution >= 4 is 5.91 Å². The molecule has 2 saturated heterocycles. The SMILES string of the molecule is O=C1CC2NCCCC2N1C1CCCCC1. The van der Waals surface area contributed by atoms with E-state index < -0.39 is 0 Å². The Bertz CT molecular complexity index is 273. The third-order valence-electron chi connectivity index (χ3n) is 4.56. The molecule has 0 aromatic carbocycles. The Hall–Kier alpha value is -0.570. The molecule has 2 atom stereocenters. The van der Waals surface area contributed by atoms with Gasteiger partial charge in [-0.15, -0.1) is 0 Å². The van der Waals surface area contributed by atoms with Gasteiger partial charge >= 0.3 is 0 Å². The van der Waals surface area contributed by atoms with Crippen molar-refractivity contribution in [1.29, 1.82) is 0 Å². The van der Waals surface area contributed by atoms with Crippen molar-refractivity contribution in [2.75, 3.05) is 6.54 Å². The van der Waals surface area contributed by atoms with Crippen LogP contribution in [0.25, 0.3) is 0 Å². The highest BCUT2D eigenvalue weighted by Crippen LogP contribution is 2.33. The summed E-state index contributed by atoms with van der Waals surface area (Å²) in [6, 6.07) is 1.55. The highest BCUT2D eigenvalue weighted by Gasteiger charge is 2.43. The van der Waals surface area contributed by atoms with Crippen LogP contribution in [0.15, 0.2) is 0 Å². The lowest BCUT2D eigenvalue weighted by Crippen LogP contribution is -2.50. The molecule has 2 heterocycles. The van der Waals surface area contributed by atoms with Crippen LogP contribution in [0, 0.1) is 0 Å². The minimum absolute atomic E-state index is 0.413. The van der Waals surface area contributed by atoms with E-state index in [0.717, 1.165) is 13.0 Å². The summed E-state index contributed by atoms with van der Waals surface area (Å²) in [7, 11) is 0. The fourth-order valence-electron chi connectivity index (χ4n) is 3.79. The maximum Gasteiger partial charge on any atom is 0.224 e. The summed E-state index contributed by atoms with van der Waals surface area (Å²) in [5.74, 6) is 0.413. The van der Waals surface area contributed by atoms with E-state index in [1.165, 1.54) is 44.9 Å². The number of rotatable bonds is 1. The fraction of sp³-hybridized carbons (Fsp3) is 0.923. The smallest absolute Gasteiger partial charge is 0.224 e. The van der Waals surface area contributed by atoms with Crippen LogP contribution < -0.4 is 5.32 Å². The van der Waals surface area contributed by atoms with Gasteiger partial charge in [0, 0.05) is 24.5 Å². The Morgan fingerprint density at radius 1 is 1.06 bits per heavy atom. The molecule has 3 heteroatoms. The zero-order chi connectivity index (χ0) is 11.0. The molecular formula is C13H22N2O. The van der Waals surface area contributed by atoms with E-state index in [1.807, 2.05) is 0 Å². The number of hydrogen-bond donors (Lipinski definition) is 1. The molecule has 1 saturated carbocycles. The van der Waals surface area contributed by atoms with Gasteiger partial charge in [-0.2, -0.15) is 0 Å². The number of hydrogen-bond acceptors (Lipinski definition) is 2. The zero-order valence-corrected chi connectivity index (χ0v) is 9.95. The monoisotopic (exact) mass is 222 g/mol. The van der Waals surface area contributed by atoms with Gasteiger partial charge in [0.05, 0.1) is 0 Å². The average Bonchev–Trinajstić information content (AvgIpc) is 2.66. The first-order valence-corrected chi connectivity index (χ1v) is 6.91. The Morgan fingerprint density at radius 3 is 2.69 bits per heavy atom. The van der Waals surface area contributed by atoms with Gasteiger partial charge in [-0.1, -0.05) is 19.3 Å². The lowest BCUT2D eigenvalue weighted by Gasteiger charge is -2.39. The van der Waals surface area contributed by atoms with Crippen LogP contribution in [-0.4, -0.2) is 35.5 Å². The van der Waals surface area contributed by atoms with Crippen molar-refractivity contribution in [1.82, 2.24) is 10.2 Å². The van der Waals surface area contributed by atoms with Gasteiger partial charge in [0.25, 0.3) is 0 Å². The number of piperidine rings is 1. The predicted molar refractivity (Wildman–Crippen MR) is 63.1 cm³/mol. The number of amides is 1. The Morgan fingerprint density at radius 2 is 1.88 bits per heavy atom. The highest BCUT2D eigenvalue weighted by atomic mass is 16.2. The quantitative estimate of drug-likeness (QED) is 0.732. The summed E-state index contributed by atoms with van der Waals surface area (Å²) in [5, 5.41) is 3.52. The first-order chi connectivity index (χ1) is 7.86. The molecule has 3 rings (SSSR count). The Labute approximate surface area is 97.6 Å². The summed E-state index contributed by atoms with van der Waals surface area (Å²) in [4.78, 5) is 14.4. The van der Waals surface area contributed by atoms with Gasteiger partial charge in [0.15, 0.2) is 0 Å². The third-order valence-corrected chi connectivity index (χ3v) is 4.56. The maximum absolute atomic E-state index is 12.1. The van der Waals surface area contributed by atoms with Crippen LogP contribution in [0.3, 0.4) is 0 Å². The molecule has 2 unspecified atom stereocenters. The summed E-state index contributed by atoms with van der Waals surface area (Å²) in [6.07, 6.45) is 9.70. The molecule has 0 aromatic rings. The summed E-state index contributed by atoms with van der Waals surface area (Å²) < 4.78 is 0. The molecule has 1 aliphatic carbocycles. The van der Waals surface area contributed by atoms with E-state index in [2.05, 4.69) is 10.2 Å². The molecule has 0 aromatic heterocycles. The van der Waals surface area contributed by atoms with E-state index in [-0.39, 0.29) is 0 Å². The normalized spacial score (nSPS) is 36.5. The van der Waals surface area contributed by atoms with Crippen LogP contribution in [-0.2, 0) is 4.79 Å². The second kappa shape index (κ2) is 4.36. The molecule has 0 radical (unpaired) electrons. The second-order valence-corrected chi connectivity index (χ2v) is 5.57. The zero-order valence-electron chi connectivity index (χ0n) is 9.95. The molecular weight excluding hydrogens is 200 g/mol. The van der Waals surface area contributed by atoms with E-state index in [9.17, 15) is 4.79 Å². The van der Waals surface area contributed by atoms with Crippen LogP contribution >= 0.6 is 0 Å². The molecule has 90 valence electrons. The van der Waals surface area contributed by atoms with Crippen molar-refractivity contribution in [3.05, 3.63) is 0 Å². The van der Waals surface area contributed by atoms with Crippen LogP contribution in [0.1, 0.15) is 51.4 Å². The van der Waals surface area contributed by atoms with Crippen molar-refractivity contribution in [2.45, 2.75) is 69.5 Å². The lowest BCUT2D eigenvalue weighted by atomic mass is 9.92. The van der Waals surface area contributed by atoms with E-state index >= 15 is 0 Å². The number of nitrogens with one attached hydrogen (secondary N) is 1. The minimum atomic E-state index is 0.413. The topological polar surface area (TPSA) is 32.3 Å². The average molecular weight is 222 g/mol. The van der Waals surface area contributed by atoms with E-state index in [0.29, 0.717) is 24.0 Å². The molecule has 16 heavy (non-hydrogen) atoms. The van der Waals surface area contributed by atoms with Crippen LogP contribution in [0.5, 0.6) is 0 Å². The van der Waals surface area contributed by atoms with Crippen LogP contribution in [0.2, 0.25) is 0 Å². The lowest BCUT2D eigenvalue weighted by molar-refractivity contribution is -0.132. The van der Waals surface area contributed by atoms with Gasteiger partial charge in [-0.05, 0) is 32.2 Å². The molecule has 3 fully saturated rings. The largest absolute Gasteiger partial charge is 0.335 e. The van der Waals surface area contributed by atoms with Gasteiger partial charge in [-0.3, -0.25) is 4.79 Å². The molecule has 2 aliphatic heterocycles.